The predicted octanol–water partition coefficient (Wildman–Crippen LogP) is 4.14. The van der Waals surface area contributed by atoms with Gasteiger partial charge < -0.3 is 15.5 Å². The van der Waals surface area contributed by atoms with Crippen LogP contribution in [0.4, 0.5) is 30.4 Å². The van der Waals surface area contributed by atoms with Crippen LogP contribution in [-0.4, -0.2) is 44.5 Å². The van der Waals surface area contributed by atoms with Crippen LogP contribution in [-0.2, 0) is 17.9 Å². The summed E-state index contributed by atoms with van der Waals surface area (Å²) in [4.78, 5) is 18.6. The minimum Gasteiger partial charge on any atom is -0.364 e. The molecule has 3 aromatic rings. The van der Waals surface area contributed by atoms with Gasteiger partial charge in [0.15, 0.2) is 0 Å². The van der Waals surface area contributed by atoms with Gasteiger partial charge in [0.05, 0.1) is 36.4 Å². The van der Waals surface area contributed by atoms with E-state index in [9.17, 15) is 18.0 Å². The van der Waals surface area contributed by atoms with Crippen LogP contribution in [0.25, 0.3) is 0 Å². The van der Waals surface area contributed by atoms with Crippen molar-refractivity contribution in [1.29, 1.82) is 0 Å². The van der Waals surface area contributed by atoms with Crippen LogP contribution in [0.2, 0.25) is 0 Å². The number of hydrogen-bond donors (Lipinski definition) is 2. The quantitative estimate of drug-likeness (QED) is 0.481. The van der Waals surface area contributed by atoms with Crippen LogP contribution in [0.15, 0.2) is 41.4 Å². The lowest BCUT2D eigenvalue weighted by Gasteiger charge is -2.34. The summed E-state index contributed by atoms with van der Waals surface area (Å²) in [6, 6.07) is 7.83. The fourth-order valence-corrected chi connectivity index (χ4v) is 4.12. The number of aryl methyl sites for hydroxylation is 1. The summed E-state index contributed by atoms with van der Waals surface area (Å²) in [5.41, 5.74) is -0.711. The average molecular weight is 512 g/mol. The van der Waals surface area contributed by atoms with E-state index in [0.29, 0.717) is 41.5 Å². The maximum Gasteiger partial charge on any atom is 0.446 e. The van der Waals surface area contributed by atoms with Crippen LogP contribution in [0.1, 0.15) is 23.9 Å². The molecule has 34 heavy (non-hydrogen) atoms. The molecule has 182 valence electrons. The molecule has 1 aliphatic rings. The van der Waals surface area contributed by atoms with Crippen molar-refractivity contribution < 1.29 is 18.0 Å². The zero-order valence-electron chi connectivity index (χ0n) is 18.6. The normalized spacial score (nSPS) is 15.4. The van der Waals surface area contributed by atoms with E-state index in [1.54, 1.807) is 23.0 Å². The number of likely N-dealkylation sites (N-methyl/N-ethyl adjacent to an activating group) is 1. The van der Waals surface area contributed by atoms with E-state index < -0.39 is 5.51 Å². The number of thioether (sulfide) groups is 1. The number of alkyl halides is 3. The van der Waals surface area contributed by atoms with E-state index in [1.807, 2.05) is 31.9 Å². The first-order valence-corrected chi connectivity index (χ1v) is 10.9. The number of anilines is 3. The highest BCUT2D eigenvalue weighted by molar-refractivity contribution is 8.00. The maximum absolute atomic E-state index is 12.6. The molecule has 1 atom stereocenters. The van der Waals surface area contributed by atoms with Gasteiger partial charge in [0.1, 0.15) is 17.6 Å². The Bertz CT molecular complexity index is 1190. The first kappa shape index (κ1) is 25.7. The summed E-state index contributed by atoms with van der Waals surface area (Å²) in [6.07, 6.45) is 1.73. The molecule has 0 bridgehead atoms. The van der Waals surface area contributed by atoms with Crippen LogP contribution < -0.4 is 15.5 Å². The molecule has 13 heteroatoms. The molecule has 0 unspecified atom stereocenters. The Balaban J connectivity index is 0.00000324. The van der Waals surface area contributed by atoms with Gasteiger partial charge in [-0.15, -0.1) is 5.10 Å². The Hall–Kier alpha value is -2.93. The van der Waals surface area contributed by atoms with Gasteiger partial charge in [0.2, 0.25) is 5.91 Å². The van der Waals surface area contributed by atoms with Gasteiger partial charge in [-0.05, 0) is 43.3 Å². The van der Waals surface area contributed by atoms with Gasteiger partial charge in [-0.2, -0.15) is 26.7 Å². The number of fused-ring (bicyclic) bond motifs is 1. The van der Waals surface area contributed by atoms with Crippen molar-refractivity contribution in [3.8, 4) is 0 Å². The molecular formula is C21H24F3N7OS2. The highest BCUT2D eigenvalue weighted by Crippen LogP contribution is 2.37. The molecule has 0 aliphatic carbocycles. The number of pyridine rings is 1. The van der Waals surface area contributed by atoms with E-state index in [2.05, 4.69) is 25.9 Å². The van der Waals surface area contributed by atoms with Crippen molar-refractivity contribution in [3.05, 3.63) is 53.5 Å². The van der Waals surface area contributed by atoms with Gasteiger partial charge in [-0.25, -0.2) is 9.67 Å². The molecule has 3 heterocycles. The lowest BCUT2D eigenvalue weighted by atomic mass is 10.1. The van der Waals surface area contributed by atoms with Gasteiger partial charge in [-0.3, -0.25) is 4.79 Å². The number of hydrogen-bond acceptors (Lipinski definition) is 7. The average Bonchev–Trinajstić information content (AvgIpc) is 3.18. The summed E-state index contributed by atoms with van der Waals surface area (Å²) in [5.74, 6) is 0.558. The Labute approximate surface area is 205 Å². The second-order valence-corrected chi connectivity index (χ2v) is 8.86. The molecule has 1 aliphatic heterocycles. The van der Waals surface area contributed by atoms with Gasteiger partial charge in [0, 0.05) is 18.0 Å². The first-order chi connectivity index (χ1) is 15.6. The van der Waals surface area contributed by atoms with Crippen LogP contribution in [0.3, 0.4) is 0 Å². The van der Waals surface area contributed by atoms with E-state index in [-0.39, 0.29) is 42.1 Å². The molecule has 0 radical (unpaired) electrons. The molecule has 1 aromatic carbocycles. The van der Waals surface area contributed by atoms with Crippen LogP contribution in [0.5, 0.6) is 0 Å². The zero-order valence-corrected chi connectivity index (χ0v) is 20.5. The van der Waals surface area contributed by atoms with Crippen LogP contribution >= 0.6 is 25.3 Å². The summed E-state index contributed by atoms with van der Waals surface area (Å²) >= 11 is -0.141. The van der Waals surface area contributed by atoms with E-state index >= 15 is 0 Å². The summed E-state index contributed by atoms with van der Waals surface area (Å²) in [7, 11) is 1.86. The number of aromatic nitrogens is 4. The molecule has 0 saturated heterocycles. The van der Waals surface area contributed by atoms with Crippen molar-refractivity contribution in [2.24, 2.45) is 0 Å². The number of benzene rings is 1. The molecule has 0 fully saturated rings. The number of amides is 1. The summed E-state index contributed by atoms with van der Waals surface area (Å²) < 4.78 is 39.4. The lowest BCUT2D eigenvalue weighted by molar-refractivity contribution is -0.117. The minimum atomic E-state index is -4.33. The number of carbonyl (C=O) groups excluding carboxylic acids is 1. The Morgan fingerprint density at radius 1 is 1.26 bits per heavy atom. The molecule has 0 spiro atoms. The van der Waals surface area contributed by atoms with Gasteiger partial charge in [-0.1, -0.05) is 17.3 Å². The van der Waals surface area contributed by atoms with Gasteiger partial charge >= 0.3 is 5.51 Å². The Morgan fingerprint density at radius 2 is 2.03 bits per heavy atom. The molecule has 1 amide bonds. The Kier molecular flexibility index (Phi) is 7.66. The molecular weight excluding hydrogens is 487 g/mol. The third-order valence-electron chi connectivity index (χ3n) is 5.28. The zero-order chi connectivity index (χ0) is 23.8. The highest BCUT2D eigenvalue weighted by atomic mass is 32.2. The van der Waals surface area contributed by atoms with E-state index in [4.69, 9.17) is 0 Å². The number of carbonyl (C=O) groups is 1. The van der Waals surface area contributed by atoms with Crippen molar-refractivity contribution in [2.75, 3.05) is 22.6 Å². The van der Waals surface area contributed by atoms with E-state index in [1.165, 1.54) is 12.1 Å². The largest absolute Gasteiger partial charge is 0.446 e. The minimum absolute atomic E-state index is 0. The Morgan fingerprint density at radius 3 is 2.76 bits per heavy atom. The number of nitrogens with zero attached hydrogens (tertiary/aromatic N) is 5. The second kappa shape index (κ2) is 10.1. The molecule has 4 rings (SSSR count). The van der Waals surface area contributed by atoms with Gasteiger partial charge in [0.25, 0.3) is 0 Å². The fourth-order valence-electron chi connectivity index (χ4n) is 3.50. The van der Waals surface area contributed by atoms with Crippen molar-refractivity contribution in [3.63, 3.8) is 0 Å². The first-order valence-electron chi connectivity index (χ1n) is 10.1. The standard InChI is InChI=1S/C21H22F3N7OS.H2S/c1-12-19-17(30(3)13(2)20(32)27-19)8-18(26-12)25-9-15-11-31(29-28-15)10-14-5-4-6-16(7-14)33-21(22,23)24;/h4-8,11,13H,9-10H2,1-3H3,(H,25,26)(H,27,32);1H2/t13-;/m0./s1. The molecule has 2 aromatic heterocycles. The van der Waals surface area contributed by atoms with E-state index in [0.717, 1.165) is 5.69 Å². The number of rotatable bonds is 6. The SMILES string of the molecule is Cc1nc(NCc2cn(Cc3cccc(SC(F)(F)F)c3)nn2)cc2c1NC(=O)[C@H](C)N2C.S. The van der Waals surface area contributed by atoms with Crippen molar-refractivity contribution in [2.45, 2.75) is 43.4 Å². The highest BCUT2D eigenvalue weighted by Gasteiger charge is 2.30. The fraction of sp³-hybridized carbons (Fsp3) is 0.333. The summed E-state index contributed by atoms with van der Waals surface area (Å²) in [6.45, 7) is 4.32. The van der Waals surface area contributed by atoms with Crippen molar-refractivity contribution >= 4 is 48.4 Å². The number of nitrogens with one attached hydrogen (secondary N) is 2. The molecule has 0 saturated carbocycles. The third-order valence-corrected chi connectivity index (χ3v) is 6.00. The topological polar surface area (TPSA) is 88.0 Å². The van der Waals surface area contributed by atoms with Crippen LogP contribution in [0, 0.1) is 6.92 Å². The third kappa shape index (κ3) is 5.95. The lowest BCUT2D eigenvalue weighted by Crippen LogP contribution is -2.44. The smallest absolute Gasteiger partial charge is 0.364 e. The number of halogens is 3. The summed E-state index contributed by atoms with van der Waals surface area (Å²) in [5, 5.41) is 14.3. The molecule has 2 N–H and O–H groups in total. The molecule has 8 nitrogen and oxygen atoms in total. The predicted molar refractivity (Wildman–Crippen MR) is 131 cm³/mol. The van der Waals surface area contributed by atoms with Crippen molar-refractivity contribution in [1.82, 2.24) is 20.0 Å². The second-order valence-electron chi connectivity index (χ2n) is 7.72. The maximum atomic E-state index is 12.6. The monoisotopic (exact) mass is 511 g/mol.